The molecule has 6 nitrogen and oxygen atoms in total. The summed E-state index contributed by atoms with van der Waals surface area (Å²) >= 11 is 0. The van der Waals surface area contributed by atoms with E-state index in [1.807, 2.05) is 0 Å². The Morgan fingerprint density at radius 3 is 2.43 bits per heavy atom. The predicted molar refractivity (Wildman–Crippen MR) is 76.8 cm³/mol. The SMILES string of the molecule is C=CCN(C(=O)CC(C(=O)O)C(=O)OC)c1ccccc1. The number of carbonyl (C=O) groups excluding carboxylic acids is 2. The summed E-state index contributed by atoms with van der Waals surface area (Å²) in [5.74, 6) is -4.33. The number of rotatable bonds is 7. The molecule has 112 valence electrons. The highest BCUT2D eigenvalue weighted by Crippen LogP contribution is 2.17. The van der Waals surface area contributed by atoms with E-state index >= 15 is 0 Å². The van der Waals surface area contributed by atoms with Gasteiger partial charge in [-0.3, -0.25) is 14.4 Å². The zero-order chi connectivity index (χ0) is 15.8. The summed E-state index contributed by atoms with van der Waals surface area (Å²) in [5.41, 5.74) is 0.608. The highest BCUT2D eigenvalue weighted by molar-refractivity contribution is 6.02. The number of anilines is 1. The van der Waals surface area contributed by atoms with Crippen LogP contribution in [0.5, 0.6) is 0 Å². The van der Waals surface area contributed by atoms with E-state index in [4.69, 9.17) is 5.11 Å². The van der Waals surface area contributed by atoms with Gasteiger partial charge in [-0.05, 0) is 12.1 Å². The van der Waals surface area contributed by atoms with Crippen molar-refractivity contribution in [2.75, 3.05) is 18.6 Å². The van der Waals surface area contributed by atoms with Crippen LogP contribution in [-0.2, 0) is 19.1 Å². The molecule has 0 saturated heterocycles. The summed E-state index contributed by atoms with van der Waals surface area (Å²) in [6, 6.07) is 8.75. The normalized spacial score (nSPS) is 11.3. The molecule has 0 aliphatic carbocycles. The summed E-state index contributed by atoms with van der Waals surface area (Å²) in [5, 5.41) is 9.01. The van der Waals surface area contributed by atoms with Gasteiger partial charge in [0.2, 0.25) is 5.91 Å². The topological polar surface area (TPSA) is 83.9 Å². The smallest absolute Gasteiger partial charge is 0.320 e. The number of aliphatic carboxylic acids is 1. The fourth-order valence-corrected chi connectivity index (χ4v) is 1.79. The average Bonchev–Trinajstić information content (AvgIpc) is 2.49. The van der Waals surface area contributed by atoms with Crippen molar-refractivity contribution in [1.82, 2.24) is 0 Å². The maximum Gasteiger partial charge on any atom is 0.320 e. The number of ether oxygens (including phenoxy) is 1. The Bertz CT molecular complexity index is 526. The Morgan fingerprint density at radius 1 is 1.33 bits per heavy atom. The molecule has 0 aliphatic heterocycles. The summed E-state index contributed by atoms with van der Waals surface area (Å²) in [6.45, 7) is 3.79. The van der Waals surface area contributed by atoms with Crippen LogP contribution in [0.15, 0.2) is 43.0 Å². The van der Waals surface area contributed by atoms with Crippen LogP contribution in [0, 0.1) is 5.92 Å². The number of para-hydroxylation sites is 1. The molecule has 0 fully saturated rings. The maximum atomic E-state index is 12.3. The highest BCUT2D eigenvalue weighted by atomic mass is 16.5. The largest absolute Gasteiger partial charge is 0.481 e. The van der Waals surface area contributed by atoms with Crippen LogP contribution in [0.4, 0.5) is 5.69 Å². The van der Waals surface area contributed by atoms with Crippen molar-refractivity contribution in [3.63, 3.8) is 0 Å². The predicted octanol–water partition coefficient (Wildman–Crippen LogP) is 1.47. The second-order valence-electron chi connectivity index (χ2n) is 4.25. The molecule has 1 atom stereocenters. The van der Waals surface area contributed by atoms with E-state index in [0.29, 0.717) is 5.69 Å². The molecule has 6 heteroatoms. The van der Waals surface area contributed by atoms with Gasteiger partial charge < -0.3 is 14.7 Å². The fourth-order valence-electron chi connectivity index (χ4n) is 1.79. The molecular weight excluding hydrogens is 274 g/mol. The van der Waals surface area contributed by atoms with Crippen molar-refractivity contribution < 1.29 is 24.2 Å². The van der Waals surface area contributed by atoms with Crippen molar-refractivity contribution in [2.45, 2.75) is 6.42 Å². The van der Waals surface area contributed by atoms with Crippen LogP contribution in [-0.4, -0.2) is 36.6 Å². The second-order valence-corrected chi connectivity index (χ2v) is 4.25. The van der Waals surface area contributed by atoms with E-state index in [9.17, 15) is 14.4 Å². The first-order valence-electron chi connectivity index (χ1n) is 6.28. The molecule has 1 aromatic rings. The lowest BCUT2D eigenvalue weighted by molar-refractivity contribution is -0.158. The van der Waals surface area contributed by atoms with Crippen LogP contribution >= 0.6 is 0 Å². The number of hydrogen-bond acceptors (Lipinski definition) is 4. The first-order valence-corrected chi connectivity index (χ1v) is 6.28. The Morgan fingerprint density at radius 2 is 1.95 bits per heavy atom. The molecule has 0 aromatic heterocycles. The van der Waals surface area contributed by atoms with E-state index < -0.39 is 30.2 Å². The molecule has 0 bridgehead atoms. The molecule has 0 spiro atoms. The molecule has 0 aliphatic rings. The van der Waals surface area contributed by atoms with Crippen LogP contribution in [0.25, 0.3) is 0 Å². The molecule has 1 amide bonds. The number of carbonyl (C=O) groups is 3. The van der Waals surface area contributed by atoms with E-state index in [1.54, 1.807) is 30.3 Å². The minimum absolute atomic E-state index is 0.219. The molecule has 21 heavy (non-hydrogen) atoms. The lowest BCUT2D eigenvalue weighted by atomic mass is 10.0. The van der Waals surface area contributed by atoms with Crippen LogP contribution in [0.3, 0.4) is 0 Å². The van der Waals surface area contributed by atoms with Gasteiger partial charge in [-0.1, -0.05) is 24.3 Å². The van der Waals surface area contributed by atoms with E-state index in [2.05, 4.69) is 11.3 Å². The maximum absolute atomic E-state index is 12.3. The lowest BCUT2D eigenvalue weighted by Crippen LogP contribution is -2.36. The first-order chi connectivity index (χ1) is 10.0. The van der Waals surface area contributed by atoms with Gasteiger partial charge in [0, 0.05) is 12.2 Å². The number of carboxylic acids is 1. The highest BCUT2D eigenvalue weighted by Gasteiger charge is 2.31. The number of esters is 1. The van der Waals surface area contributed by atoms with Crippen LogP contribution in [0.2, 0.25) is 0 Å². The van der Waals surface area contributed by atoms with Crippen molar-refractivity contribution >= 4 is 23.5 Å². The number of methoxy groups -OCH3 is 1. The van der Waals surface area contributed by atoms with E-state index in [0.717, 1.165) is 7.11 Å². The monoisotopic (exact) mass is 291 g/mol. The molecule has 1 N–H and O–H groups in total. The standard InChI is InChI=1S/C15H17NO5/c1-3-9-16(11-7-5-4-6-8-11)13(17)10-12(14(18)19)15(20)21-2/h3-8,12H,1,9-10H2,2H3,(H,18,19). The third-order valence-corrected chi connectivity index (χ3v) is 2.84. The number of benzene rings is 1. The van der Waals surface area contributed by atoms with Gasteiger partial charge in [0.1, 0.15) is 0 Å². The molecule has 1 aromatic carbocycles. The number of amides is 1. The number of nitrogens with zero attached hydrogens (tertiary/aromatic N) is 1. The van der Waals surface area contributed by atoms with Gasteiger partial charge in [0.15, 0.2) is 5.92 Å². The fraction of sp³-hybridized carbons (Fsp3) is 0.267. The Hall–Kier alpha value is -2.63. The van der Waals surface area contributed by atoms with Gasteiger partial charge in [0.05, 0.1) is 13.5 Å². The van der Waals surface area contributed by atoms with Gasteiger partial charge in [-0.25, -0.2) is 0 Å². The van der Waals surface area contributed by atoms with Crippen LogP contribution < -0.4 is 4.90 Å². The number of carboxylic acid groups (broad SMARTS) is 1. The molecular formula is C15H17NO5. The van der Waals surface area contributed by atoms with Gasteiger partial charge in [0.25, 0.3) is 0 Å². The van der Waals surface area contributed by atoms with E-state index in [-0.39, 0.29) is 6.54 Å². The minimum Gasteiger partial charge on any atom is -0.481 e. The van der Waals surface area contributed by atoms with Crippen molar-refractivity contribution in [3.8, 4) is 0 Å². The van der Waals surface area contributed by atoms with Gasteiger partial charge in [-0.2, -0.15) is 0 Å². The third kappa shape index (κ3) is 4.45. The summed E-state index contributed by atoms with van der Waals surface area (Å²) in [4.78, 5) is 36.1. The van der Waals surface area contributed by atoms with Gasteiger partial charge in [-0.15, -0.1) is 6.58 Å². The van der Waals surface area contributed by atoms with Gasteiger partial charge >= 0.3 is 11.9 Å². The second kappa shape index (κ2) is 7.84. The first kappa shape index (κ1) is 16.4. The molecule has 1 unspecified atom stereocenters. The Labute approximate surface area is 122 Å². The Kier molecular flexibility index (Phi) is 6.13. The minimum atomic E-state index is -1.52. The average molecular weight is 291 g/mol. The van der Waals surface area contributed by atoms with Crippen molar-refractivity contribution in [3.05, 3.63) is 43.0 Å². The third-order valence-electron chi connectivity index (χ3n) is 2.84. The van der Waals surface area contributed by atoms with Crippen molar-refractivity contribution in [2.24, 2.45) is 5.92 Å². The summed E-state index contributed by atoms with van der Waals surface area (Å²) in [7, 11) is 1.08. The van der Waals surface area contributed by atoms with E-state index in [1.165, 1.54) is 11.0 Å². The quantitative estimate of drug-likeness (QED) is 0.467. The van der Waals surface area contributed by atoms with Crippen LogP contribution in [0.1, 0.15) is 6.42 Å². The molecule has 0 heterocycles. The van der Waals surface area contributed by atoms with Crippen molar-refractivity contribution in [1.29, 1.82) is 0 Å². The zero-order valence-electron chi connectivity index (χ0n) is 11.7. The summed E-state index contributed by atoms with van der Waals surface area (Å²) in [6.07, 6.45) is 1.06. The summed E-state index contributed by atoms with van der Waals surface area (Å²) < 4.78 is 4.41. The Balaban J connectivity index is 2.93. The molecule has 0 radical (unpaired) electrons. The zero-order valence-corrected chi connectivity index (χ0v) is 11.7. The molecule has 0 saturated carbocycles. The molecule has 1 rings (SSSR count). The lowest BCUT2D eigenvalue weighted by Gasteiger charge is -2.22. The number of hydrogen-bond donors (Lipinski definition) is 1.